The average molecular weight is 429 g/mol. The van der Waals surface area contributed by atoms with Crippen molar-refractivity contribution in [3.63, 3.8) is 0 Å². The molecule has 1 atom stereocenters. The fraction of sp³-hybridized carbons (Fsp3) is 0.385. The minimum absolute atomic E-state index is 0.0441. The number of nitrogens with one attached hydrogen (secondary N) is 1. The van der Waals surface area contributed by atoms with Gasteiger partial charge in [0.05, 0.1) is 12.3 Å². The molecule has 1 amide bonds. The van der Waals surface area contributed by atoms with Gasteiger partial charge in [0, 0.05) is 36.0 Å². The fourth-order valence-corrected chi connectivity index (χ4v) is 4.15. The van der Waals surface area contributed by atoms with Crippen LogP contribution in [-0.4, -0.2) is 27.5 Å². The first-order chi connectivity index (χ1) is 15.8. The van der Waals surface area contributed by atoms with Crippen LogP contribution in [0.25, 0.3) is 11.4 Å². The zero-order valence-corrected chi connectivity index (χ0v) is 18.2. The van der Waals surface area contributed by atoms with E-state index in [1.165, 1.54) is 12.8 Å². The SMILES string of the molecule is O=C(NCc1cccnc1)C1CCc2nc(-c3ccccc3)nc(OCC3CC3)c2CC1. The molecule has 32 heavy (non-hydrogen) atoms. The zero-order valence-electron chi connectivity index (χ0n) is 18.2. The van der Waals surface area contributed by atoms with Gasteiger partial charge < -0.3 is 10.1 Å². The topological polar surface area (TPSA) is 77.0 Å². The molecule has 1 unspecified atom stereocenters. The number of aromatic nitrogens is 3. The standard InChI is InChI=1S/C26H28N4O2/c31-25(28-16-19-5-4-14-27-15-19)21-10-12-22-23(13-11-21)29-24(20-6-2-1-3-7-20)30-26(22)32-17-18-8-9-18/h1-7,14-15,18,21H,8-13,16-17H2,(H,28,31). The van der Waals surface area contributed by atoms with Crippen molar-refractivity contribution in [3.8, 4) is 17.3 Å². The van der Waals surface area contributed by atoms with Gasteiger partial charge in [-0.25, -0.2) is 4.98 Å². The molecule has 0 saturated heterocycles. The predicted molar refractivity (Wildman–Crippen MR) is 122 cm³/mol. The van der Waals surface area contributed by atoms with Crippen molar-refractivity contribution in [1.29, 1.82) is 0 Å². The largest absolute Gasteiger partial charge is 0.477 e. The predicted octanol–water partition coefficient (Wildman–Crippen LogP) is 4.14. The summed E-state index contributed by atoms with van der Waals surface area (Å²) in [6.45, 7) is 1.22. The Balaban J connectivity index is 1.33. The van der Waals surface area contributed by atoms with Gasteiger partial charge in [-0.05, 0) is 56.1 Å². The van der Waals surface area contributed by atoms with Crippen LogP contribution in [0.2, 0.25) is 0 Å². The highest BCUT2D eigenvalue weighted by Gasteiger charge is 2.28. The summed E-state index contributed by atoms with van der Waals surface area (Å²) in [4.78, 5) is 26.7. The number of amides is 1. The maximum absolute atomic E-state index is 12.9. The summed E-state index contributed by atoms with van der Waals surface area (Å²) in [5.74, 6) is 2.11. The first kappa shape index (κ1) is 20.6. The third kappa shape index (κ3) is 4.96. The molecule has 2 aromatic heterocycles. The number of carbonyl (C=O) groups is 1. The molecule has 1 fully saturated rings. The van der Waals surface area contributed by atoms with Crippen molar-refractivity contribution >= 4 is 5.91 Å². The first-order valence-electron chi connectivity index (χ1n) is 11.5. The molecule has 1 N–H and O–H groups in total. The second kappa shape index (κ2) is 9.47. The number of carbonyl (C=O) groups excluding carboxylic acids is 1. The molecule has 6 nitrogen and oxygen atoms in total. The van der Waals surface area contributed by atoms with Gasteiger partial charge in [0.1, 0.15) is 0 Å². The van der Waals surface area contributed by atoms with Crippen LogP contribution in [0, 0.1) is 11.8 Å². The Morgan fingerprint density at radius 1 is 1.00 bits per heavy atom. The van der Waals surface area contributed by atoms with Gasteiger partial charge in [-0.1, -0.05) is 36.4 Å². The van der Waals surface area contributed by atoms with Gasteiger partial charge in [-0.3, -0.25) is 9.78 Å². The number of benzene rings is 1. The van der Waals surface area contributed by atoms with E-state index in [-0.39, 0.29) is 11.8 Å². The van der Waals surface area contributed by atoms with E-state index >= 15 is 0 Å². The summed E-state index contributed by atoms with van der Waals surface area (Å²) in [6.07, 6.45) is 9.06. The Bertz CT molecular complexity index is 1070. The summed E-state index contributed by atoms with van der Waals surface area (Å²) in [6, 6.07) is 13.9. The van der Waals surface area contributed by atoms with Crippen LogP contribution in [0.3, 0.4) is 0 Å². The van der Waals surface area contributed by atoms with E-state index in [9.17, 15) is 4.79 Å². The van der Waals surface area contributed by atoms with Gasteiger partial charge >= 0.3 is 0 Å². The van der Waals surface area contributed by atoms with Crippen molar-refractivity contribution in [2.75, 3.05) is 6.61 Å². The third-order valence-electron chi connectivity index (χ3n) is 6.27. The maximum Gasteiger partial charge on any atom is 0.223 e. The highest BCUT2D eigenvalue weighted by atomic mass is 16.5. The summed E-state index contributed by atoms with van der Waals surface area (Å²) < 4.78 is 6.19. The van der Waals surface area contributed by atoms with Gasteiger partial charge in [-0.2, -0.15) is 4.98 Å². The van der Waals surface area contributed by atoms with Crippen LogP contribution in [0.15, 0.2) is 54.9 Å². The lowest BCUT2D eigenvalue weighted by molar-refractivity contribution is -0.125. The molecule has 0 bridgehead atoms. The average Bonchev–Trinajstić information content (AvgIpc) is 3.69. The van der Waals surface area contributed by atoms with Crippen molar-refractivity contribution in [2.45, 2.75) is 45.1 Å². The second-order valence-corrected chi connectivity index (χ2v) is 8.75. The third-order valence-corrected chi connectivity index (χ3v) is 6.27. The van der Waals surface area contributed by atoms with Gasteiger partial charge in [0.2, 0.25) is 11.8 Å². The van der Waals surface area contributed by atoms with Gasteiger partial charge in [0.25, 0.3) is 0 Å². The van der Waals surface area contributed by atoms with Crippen molar-refractivity contribution in [1.82, 2.24) is 20.3 Å². The van der Waals surface area contributed by atoms with E-state index in [2.05, 4.69) is 10.3 Å². The van der Waals surface area contributed by atoms with Crippen LogP contribution < -0.4 is 10.1 Å². The van der Waals surface area contributed by atoms with Crippen LogP contribution in [0.5, 0.6) is 5.88 Å². The molecule has 5 rings (SSSR count). The molecule has 164 valence electrons. The van der Waals surface area contributed by atoms with Crippen LogP contribution >= 0.6 is 0 Å². The van der Waals surface area contributed by atoms with Crippen LogP contribution in [0.4, 0.5) is 0 Å². The quantitative estimate of drug-likeness (QED) is 0.573. The van der Waals surface area contributed by atoms with Crippen molar-refractivity contribution in [2.24, 2.45) is 11.8 Å². The van der Waals surface area contributed by atoms with E-state index in [0.717, 1.165) is 48.1 Å². The number of nitrogens with zero attached hydrogens (tertiary/aromatic N) is 3. The summed E-state index contributed by atoms with van der Waals surface area (Å²) >= 11 is 0. The first-order valence-corrected chi connectivity index (χ1v) is 11.5. The molecule has 0 spiro atoms. The molecule has 3 aromatic rings. The molecule has 0 radical (unpaired) electrons. The molecular weight excluding hydrogens is 400 g/mol. The van der Waals surface area contributed by atoms with Gasteiger partial charge in [0.15, 0.2) is 5.82 Å². The number of fused-ring (bicyclic) bond motifs is 1. The Hall–Kier alpha value is -3.28. The molecular formula is C26H28N4O2. The molecule has 1 saturated carbocycles. The Morgan fingerprint density at radius 3 is 2.62 bits per heavy atom. The molecule has 1 aromatic carbocycles. The Morgan fingerprint density at radius 2 is 1.84 bits per heavy atom. The minimum atomic E-state index is -0.0441. The normalized spacial score (nSPS) is 17.8. The second-order valence-electron chi connectivity index (χ2n) is 8.75. The highest BCUT2D eigenvalue weighted by molar-refractivity contribution is 5.78. The maximum atomic E-state index is 12.9. The van der Waals surface area contributed by atoms with Crippen LogP contribution in [0.1, 0.15) is 42.5 Å². The van der Waals surface area contributed by atoms with Crippen molar-refractivity contribution in [3.05, 3.63) is 71.7 Å². The molecule has 6 heteroatoms. The van der Waals surface area contributed by atoms with Crippen LogP contribution in [-0.2, 0) is 24.2 Å². The van der Waals surface area contributed by atoms with E-state index < -0.39 is 0 Å². The lowest BCUT2D eigenvalue weighted by Gasteiger charge is -2.14. The number of ether oxygens (including phenoxy) is 1. The van der Waals surface area contributed by atoms with Gasteiger partial charge in [-0.15, -0.1) is 0 Å². The van der Waals surface area contributed by atoms with E-state index in [4.69, 9.17) is 14.7 Å². The number of rotatable bonds is 7. The lowest BCUT2D eigenvalue weighted by atomic mass is 9.98. The lowest BCUT2D eigenvalue weighted by Crippen LogP contribution is -2.30. The van der Waals surface area contributed by atoms with E-state index in [0.29, 0.717) is 30.8 Å². The summed E-state index contributed by atoms with van der Waals surface area (Å²) in [5, 5.41) is 3.08. The molecule has 2 heterocycles. The Kier molecular flexibility index (Phi) is 6.10. The van der Waals surface area contributed by atoms with Crippen molar-refractivity contribution < 1.29 is 9.53 Å². The summed E-state index contributed by atoms with van der Waals surface area (Å²) in [7, 11) is 0. The molecule has 2 aliphatic carbocycles. The monoisotopic (exact) mass is 428 g/mol. The number of aryl methyl sites for hydroxylation is 1. The highest BCUT2D eigenvalue weighted by Crippen LogP contribution is 2.34. The fourth-order valence-electron chi connectivity index (χ4n) is 4.15. The molecule has 0 aliphatic heterocycles. The smallest absolute Gasteiger partial charge is 0.223 e. The Labute approximate surface area is 188 Å². The zero-order chi connectivity index (χ0) is 21.8. The minimum Gasteiger partial charge on any atom is -0.477 e. The van der Waals surface area contributed by atoms with E-state index in [1.54, 1.807) is 12.4 Å². The number of hydrogen-bond acceptors (Lipinski definition) is 5. The number of hydrogen-bond donors (Lipinski definition) is 1. The number of pyridine rings is 1. The molecule has 2 aliphatic rings. The van der Waals surface area contributed by atoms with E-state index in [1.807, 2.05) is 42.5 Å². The summed E-state index contributed by atoms with van der Waals surface area (Å²) in [5.41, 5.74) is 4.09.